The number of quaternary nitrogens is 1. The molecule has 0 heterocycles. The largest absolute Gasteiger partial charge is 0.521 e. The molecule has 0 aromatic carbocycles. The highest BCUT2D eigenvalue weighted by Gasteiger charge is 2.52. The fraction of sp³-hybridized carbons (Fsp3) is 1.00. The van der Waals surface area contributed by atoms with Crippen molar-refractivity contribution in [3.05, 3.63) is 0 Å². The van der Waals surface area contributed by atoms with Crippen LogP contribution in [0.15, 0.2) is 0 Å². The summed E-state index contributed by atoms with van der Waals surface area (Å²) in [6.45, 7) is -1.37. The number of phosphoric ester groups is 1. The average molecular weight is 350 g/mol. The molecule has 132 valence electrons. The third-order valence-electron chi connectivity index (χ3n) is 3.12. The van der Waals surface area contributed by atoms with Gasteiger partial charge < -0.3 is 35.7 Å². The first-order valence-corrected chi connectivity index (χ1v) is 7.69. The predicted octanol–water partition coefficient (Wildman–Crippen LogP) is -5.16. The molecule has 22 heavy (non-hydrogen) atoms. The minimum atomic E-state index is -4.49. The third kappa shape index (κ3) is 4.41. The summed E-state index contributed by atoms with van der Waals surface area (Å²) in [7, 11) is -4.49. The molecule has 1 saturated carbocycles. The summed E-state index contributed by atoms with van der Waals surface area (Å²) < 4.78 is 25.7. The third-order valence-corrected chi connectivity index (χ3v) is 4.40. The Balaban J connectivity index is 2.82. The van der Waals surface area contributed by atoms with Crippen molar-refractivity contribution in [3.8, 4) is 0 Å². The Morgan fingerprint density at radius 1 is 1.00 bits per heavy atom. The zero-order chi connectivity index (χ0) is 17.1. The fourth-order valence-corrected chi connectivity index (χ4v) is 2.90. The summed E-state index contributed by atoms with van der Waals surface area (Å²) in [6, 6.07) is 0. The first-order valence-electron chi connectivity index (χ1n) is 6.23. The number of hydrogen-bond donors (Lipinski definition) is 8. The minimum Gasteiger partial charge on any atom is -0.394 e. The zero-order valence-corrected chi connectivity index (χ0v) is 12.3. The summed E-state index contributed by atoms with van der Waals surface area (Å²) in [6.07, 6.45) is -12.7. The normalized spacial score (nSPS) is 40.2. The molecule has 1 fully saturated rings. The first kappa shape index (κ1) is 19.8. The molecule has 0 aromatic rings. The van der Waals surface area contributed by atoms with Gasteiger partial charge in [0.15, 0.2) is 0 Å². The molecule has 0 aromatic heterocycles. The lowest BCUT2D eigenvalue weighted by Crippen LogP contribution is -2.64. The Labute approximate surface area is 124 Å². The Morgan fingerprint density at radius 3 is 1.86 bits per heavy atom. The van der Waals surface area contributed by atoms with Crippen molar-refractivity contribution in [3.63, 3.8) is 0 Å². The smallest absolute Gasteiger partial charge is 0.394 e. The second-order valence-corrected chi connectivity index (χ2v) is 6.35. The molecule has 1 aliphatic rings. The summed E-state index contributed by atoms with van der Waals surface area (Å²) >= 11 is 0. The maximum atomic E-state index is 12.1. The first-order chi connectivity index (χ1) is 10.2. The van der Waals surface area contributed by atoms with E-state index >= 15 is 0 Å². The highest BCUT2D eigenvalue weighted by Crippen LogP contribution is 2.50. The van der Waals surface area contributed by atoms with E-state index in [1.165, 1.54) is 0 Å². The molecule has 1 aliphatic carbocycles. The van der Waals surface area contributed by atoms with Gasteiger partial charge in [-0.25, -0.2) is 10.5 Å². The van der Waals surface area contributed by atoms with Crippen LogP contribution in [-0.4, -0.2) is 91.7 Å². The van der Waals surface area contributed by atoms with E-state index in [1.54, 1.807) is 0 Å². The highest BCUT2D eigenvalue weighted by atomic mass is 31.2. The molecule has 13 heteroatoms. The number of aliphatic hydroxyl groups is 7. The van der Waals surface area contributed by atoms with Crippen LogP contribution >= 0.6 is 7.82 Å². The standard InChI is InChI=1S/C9H21NO11P/c10-21-22(18,19-2-3(12)1-11)20-9-7(16)5(14)4(13)6(15)8(9)17/h3-9,11-17H,1-2H2,10H3/q+1/t3-,4?,5-,6+,7+,8+,9?,22?/m1/s1. The zero-order valence-electron chi connectivity index (χ0n) is 11.4. The van der Waals surface area contributed by atoms with Crippen LogP contribution in [0, 0.1) is 0 Å². The van der Waals surface area contributed by atoms with Gasteiger partial charge >= 0.3 is 7.82 Å². The molecule has 1 rings (SSSR count). The summed E-state index contributed by atoms with van der Waals surface area (Å²) in [5.41, 5.74) is 0. The fourth-order valence-electron chi connectivity index (χ4n) is 1.80. The van der Waals surface area contributed by atoms with Crippen LogP contribution in [0.4, 0.5) is 0 Å². The molecule has 0 radical (unpaired) electrons. The molecule has 0 bridgehead atoms. The van der Waals surface area contributed by atoms with Crippen LogP contribution in [0.25, 0.3) is 0 Å². The molecular formula is C9H21NO11P+. The second kappa shape index (κ2) is 8.06. The summed E-state index contributed by atoms with van der Waals surface area (Å²) in [4.78, 5) is 0. The van der Waals surface area contributed by atoms with E-state index in [2.05, 4.69) is 15.0 Å². The molecule has 0 spiro atoms. The van der Waals surface area contributed by atoms with Crippen LogP contribution in [-0.2, 0) is 18.2 Å². The molecule has 0 saturated heterocycles. The van der Waals surface area contributed by atoms with E-state index in [9.17, 15) is 30.1 Å². The highest BCUT2D eigenvalue weighted by molar-refractivity contribution is 7.48. The van der Waals surface area contributed by atoms with Gasteiger partial charge in [-0.15, -0.1) is 0 Å². The summed E-state index contributed by atoms with van der Waals surface area (Å²) in [5, 5.41) is 65.6. The van der Waals surface area contributed by atoms with Gasteiger partial charge in [0.05, 0.1) is 13.2 Å². The Kier molecular flexibility index (Phi) is 7.26. The van der Waals surface area contributed by atoms with Crippen LogP contribution in [0.2, 0.25) is 0 Å². The topological polar surface area (TPSA) is 214 Å². The molecule has 8 atom stereocenters. The lowest BCUT2D eigenvalue weighted by Gasteiger charge is -2.41. The minimum absolute atomic E-state index is 0.671. The Hall–Kier alpha value is -0.210. The van der Waals surface area contributed by atoms with Crippen LogP contribution < -0.4 is 5.90 Å². The average Bonchev–Trinajstić information content (AvgIpc) is 2.52. The molecule has 3 unspecified atom stereocenters. The SMILES string of the molecule is [NH3+]OP(=O)(OC[C@H](O)CO)OC1[C@@H](O)[C@H](O)C(O)[C@H](O)[C@@H]1O. The van der Waals surface area contributed by atoms with E-state index in [4.69, 9.17) is 14.7 Å². The van der Waals surface area contributed by atoms with Gasteiger partial charge in [0.2, 0.25) is 0 Å². The van der Waals surface area contributed by atoms with Crippen molar-refractivity contribution < 1.29 is 59.9 Å². The van der Waals surface area contributed by atoms with Crippen molar-refractivity contribution in [2.75, 3.05) is 13.2 Å². The molecule has 0 aliphatic heterocycles. The van der Waals surface area contributed by atoms with E-state index in [0.717, 1.165) is 0 Å². The van der Waals surface area contributed by atoms with Crippen molar-refractivity contribution in [1.29, 1.82) is 0 Å². The van der Waals surface area contributed by atoms with E-state index in [1.807, 2.05) is 0 Å². The number of hydrogen-bond acceptors (Lipinski definition) is 11. The van der Waals surface area contributed by atoms with Crippen LogP contribution in [0.5, 0.6) is 0 Å². The van der Waals surface area contributed by atoms with Gasteiger partial charge in [0, 0.05) is 0 Å². The van der Waals surface area contributed by atoms with Crippen molar-refractivity contribution in [1.82, 2.24) is 0 Å². The maximum absolute atomic E-state index is 12.1. The molecule has 10 N–H and O–H groups in total. The van der Waals surface area contributed by atoms with Gasteiger partial charge in [-0.3, -0.25) is 9.05 Å². The summed E-state index contributed by atoms with van der Waals surface area (Å²) in [5.74, 6) is 2.84. The van der Waals surface area contributed by atoms with E-state index < -0.39 is 63.8 Å². The molecule has 12 nitrogen and oxygen atoms in total. The van der Waals surface area contributed by atoms with Gasteiger partial charge in [-0.2, -0.15) is 0 Å². The van der Waals surface area contributed by atoms with Gasteiger partial charge in [0.25, 0.3) is 0 Å². The van der Waals surface area contributed by atoms with E-state index in [-0.39, 0.29) is 0 Å². The number of rotatable bonds is 7. The lowest BCUT2D eigenvalue weighted by molar-refractivity contribution is -0.644. The van der Waals surface area contributed by atoms with E-state index in [0.29, 0.717) is 0 Å². The molecular weight excluding hydrogens is 329 g/mol. The quantitative estimate of drug-likeness (QED) is 0.160. The number of aliphatic hydroxyl groups excluding tert-OH is 7. The van der Waals surface area contributed by atoms with Crippen LogP contribution in [0.1, 0.15) is 0 Å². The predicted molar refractivity (Wildman–Crippen MR) is 65.5 cm³/mol. The van der Waals surface area contributed by atoms with Crippen molar-refractivity contribution in [2.45, 2.75) is 42.7 Å². The number of phosphoric acid groups is 1. The van der Waals surface area contributed by atoms with Gasteiger partial charge in [-0.1, -0.05) is 4.62 Å². The maximum Gasteiger partial charge on any atom is 0.521 e. The van der Waals surface area contributed by atoms with Crippen molar-refractivity contribution in [2.24, 2.45) is 0 Å². The Bertz CT molecular complexity index is 382. The lowest BCUT2D eigenvalue weighted by atomic mass is 9.85. The molecule has 0 amide bonds. The van der Waals surface area contributed by atoms with Crippen LogP contribution in [0.3, 0.4) is 0 Å². The second-order valence-electron chi connectivity index (χ2n) is 4.73. The van der Waals surface area contributed by atoms with Gasteiger partial charge in [0.1, 0.15) is 42.7 Å². The van der Waals surface area contributed by atoms with Crippen molar-refractivity contribution >= 4 is 7.82 Å². The monoisotopic (exact) mass is 350 g/mol. The van der Waals surface area contributed by atoms with Gasteiger partial charge in [-0.05, 0) is 0 Å². The Morgan fingerprint density at radius 2 is 1.45 bits per heavy atom.